The second kappa shape index (κ2) is 13.7. The summed E-state index contributed by atoms with van der Waals surface area (Å²) in [6.45, 7) is 8.58. The van der Waals surface area contributed by atoms with Crippen LogP contribution >= 0.6 is 11.6 Å². The molecule has 0 fully saturated rings. The third kappa shape index (κ3) is 8.82. The highest BCUT2D eigenvalue weighted by atomic mass is 35.5. The molecule has 0 aromatic heterocycles. The molecule has 2 amide bonds. The van der Waals surface area contributed by atoms with Crippen LogP contribution in [0.2, 0.25) is 5.02 Å². The van der Waals surface area contributed by atoms with Gasteiger partial charge in [0.15, 0.2) is 0 Å². The van der Waals surface area contributed by atoms with Crippen molar-refractivity contribution in [2.24, 2.45) is 5.92 Å². The Bertz CT molecular complexity index is 1120. The normalized spacial score (nSPS) is 12.3. The van der Waals surface area contributed by atoms with E-state index in [2.05, 4.69) is 5.32 Å². The Morgan fingerprint density at radius 3 is 2.28 bits per heavy atom. The van der Waals surface area contributed by atoms with Crippen molar-refractivity contribution in [2.45, 2.75) is 53.0 Å². The standard InChI is InChI=1S/C27H38ClN3O4S/c1-20(2)19-29-27(33)22(4)30(18-16-23-11-7-6-8-12-23)26(32)15-10-17-31(36(5,34)35)25-14-9-13-24(28)21(25)3/h6-9,11-14,20,22H,10,15-19H2,1-5H3,(H,29,33). The number of carbonyl (C=O) groups excluding carboxylic acids is 2. The first-order chi connectivity index (χ1) is 16.9. The first kappa shape index (κ1) is 29.6. The lowest BCUT2D eigenvalue weighted by Gasteiger charge is -2.30. The van der Waals surface area contributed by atoms with Gasteiger partial charge in [-0.05, 0) is 55.9 Å². The van der Waals surface area contributed by atoms with Gasteiger partial charge < -0.3 is 10.2 Å². The van der Waals surface area contributed by atoms with Crippen LogP contribution in [-0.4, -0.2) is 57.1 Å². The maximum Gasteiger partial charge on any atom is 0.242 e. The van der Waals surface area contributed by atoms with Crippen LogP contribution in [0.15, 0.2) is 48.5 Å². The van der Waals surface area contributed by atoms with E-state index in [-0.39, 0.29) is 24.8 Å². The van der Waals surface area contributed by atoms with Gasteiger partial charge >= 0.3 is 0 Å². The maximum atomic E-state index is 13.3. The highest BCUT2D eigenvalue weighted by Crippen LogP contribution is 2.28. The Balaban J connectivity index is 2.13. The number of nitrogens with zero attached hydrogens (tertiary/aromatic N) is 2. The molecule has 0 saturated heterocycles. The molecule has 9 heteroatoms. The zero-order valence-electron chi connectivity index (χ0n) is 21.8. The molecule has 0 bridgehead atoms. The second-order valence-corrected chi connectivity index (χ2v) is 11.8. The van der Waals surface area contributed by atoms with Crippen LogP contribution in [-0.2, 0) is 26.0 Å². The van der Waals surface area contributed by atoms with E-state index >= 15 is 0 Å². The summed E-state index contributed by atoms with van der Waals surface area (Å²) in [6.07, 6.45) is 2.18. The van der Waals surface area contributed by atoms with Crippen molar-refractivity contribution >= 4 is 39.1 Å². The molecule has 1 N–H and O–H groups in total. The van der Waals surface area contributed by atoms with E-state index in [0.717, 1.165) is 11.8 Å². The summed E-state index contributed by atoms with van der Waals surface area (Å²) in [4.78, 5) is 27.7. The van der Waals surface area contributed by atoms with Crippen molar-refractivity contribution in [3.8, 4) is 0 Å². The minimum absolute atomic E-state index is 0.113. The van der Waals surface area contributed by atoms with Gasteiger partial charge in [-0.2, -0.15) is 0 Å². The lowest BCUT2D eigenvalue weighted by molar-refractivity contribution is -0.140. The van der Waals surface area contributed by atoms with Crippen molar-refractivity contribution in [1.82, 2.24) is 10.2 Å². The zero-order valence-corrected chi connectivity index (χ0v) is 23.4. The lowest BCUT2D eigenvalue weighted by atomic mass is 10.1. The van der Waals surface area contributed by atoms with Crippen molar-refractivity contribution in [2.75, 3.05) is 30.2 Å². The molecule has 0 aliphatic heterocycles. The third-order valence-corrected chi connectivity index (χ3v) is 7.59. The summed E-state index contributed by atoms with van der Waals surface area (Å²) in [5.74, 6) is -0.0848. The quantitative estimate of drug-likeness (QED) is 0.411. The average Bonchev–Trinajstić information content (AvgIpc) is 2.82. The molecule has 1 atom stereocenters. The van der Waals surface area contributed by atoms with Gasteiger partial charge in [0, 0.05) is 31.1 Å². The smallest absolute Gasteiger partial charge is 0.242 e. The van der Waals surface area contributed by atoms with Crippen LogP contribution in [0.4, 0.5) is 5.69 Å². The summed E-state index contributed by atoms with van der Waals surface area (Å²) in [5.41, 5.74) is 2.24. The number of hydrogen-bond donors (Lipinski definition) is 1. The minimum atomic E-state index is -3.58. The van der Waals surface area contributed by atoms with Gasteiger partial charge in [0.2, 0.25) is 21.8 Å². The summed E-state index contributed by atoms with van der Waals surface area (Å²) in [5, 5.41) is 3.39. The molecule has 0 radical (unpaired) electrons. The van der Waals surface area contributed by atoms with E-state index in [1.165, 1.54) is 4.31 Å². The first-order valence-electron chi connectivity index (χ1n) is 12.3. The van der Waals surface area contributed by atoms with Gasteiger partial charge in [0.1, 0.15) is 6.04 Å². The number of rotatable bonds is 13. The van der Waals surface area contributed by atoms with E-state index in [4.69, 9.17) is 11.6 Å². The number of amides is 2. The predicted octanol–water partition coefficient (Wildman–Crippen LogP) is 4.43. The van der Waals surface area contributed by atoms with Gasteiger partial charge in [0.25, 0.3) is 0 Å². The number of sulfonamides is 1. The molecule has 0 spiro atoms. The highest BCUT2D eigenvalue weighted by Gasteiger charge is 2.26. The monoisotopic (exact) mass is 535 g/mol. The maximum absolute atomic E-state index is 13.3. The fourth-order valence-electron chi connectivity index (χ4n) is 3.87. The molecule has 0 saturated carbocycles. The Morgan fingerprint density at radius 1 is 1.00 bits per heavy atom. The first-order valence-corrected chi connectivity index (χ1v) is 14.5. The summed E-state index contributed by atoms with van der Waals surface area (Å²) < 4.78 is 26.3. The Labute approximate surface area is 220 Å². The van der Waals surface area contributed by atoms with Gasteiger partial charge in [-0.3, -0.25) is 13.9 Å². The SMILES string of the molecule is Cc1c(Cl)cccc1N(CCCC(=O)N(CCc1ccccc1)C(C)C(=O)NCC(C)C)S(C)(=O)=O. The topological polar surface area (TPSA) is 86.8 Å². The van der Waals surface area contributed by atoms with Gasteiger partial charge in [0.05, 0.1) is 11.9 Å². The third-order valence-electron chi connectivity index (χ3n) is 6.00. The highest BCUT2D eigenvalue weighted by molar-refractivity contribution is 7.92. The number of benzene rings is 2. The summed E-state index contributed by atoms with van der Waals surface area (Å²) in [6, 6.07) is 14.3. The zero-order chi connectivity index (χ0) is 26.9. The summed E-state index contributed by atoms with van der Waals surface area (Å²) >= 11 is 6.21. The van der Waals surface area contributed by atoms with E-state index in [1.54, 1.807) is 36.9 Å². The number of carbonyl (C=O) groups is 2. The fourth-order valence-corrected chi connectivity index (χ4v) is 5.06. The van der Waals surface area contributed by atoms with Crippen LogP contribution in [0.25, 0.3) is 0 Å². The molecule has 36 heavy (non-hydrogen) atoms. The fraction of sp³-hybridized carbons (Fsp3) is 0.481. The molecule has 0 aliphatic rings. The van der Waals surface area contributed by atoms with Crippen LogP contribution < -0.4 is 9.62 Å². The van der Waals surface area contributed by atoms with Gasteiger partial charge in [-0.15, -0.1) is 0 Å². The molecule has 2 rings (SSSR count). The van der Waals surface area contributed by atoms with Gasteiger partial charge in [-0.25, -0.2) is 8.42 Å². The number of hydrogen-bond acceptors (Lipinski definition) is 4. The van der Waals surface area contributed by atoms with Crippen LogP contribution in [0.5, 0.6) is 0 Å². The van der Waals surface area contributed by atoms with E-state index in [1.807, 2.05) is 44.2 Å². The van der Waals surface area contributed by atoms with Crippen molar-refractivity contribution < 1.29 is 18.0 Å². The predicted molar refractivity (Wildman–Crippen MR) is 147 cm³/mol. The Hall–Kier alpha value is -2.58. The lowest BCUT2D eigenvalue weighted by Crippen LogP contribution is -2.49. The Morgan fingerprint density at radius 2 is 1.67 bits per heavy atom. The van der Waals surface area contributed by atoms with Crippen molar-refractivity contribution in [3.63, 3.8) is 0 Å². The number of anilines is 1. The van der Waals surface area contributed by atoms with E-state index in [0.29, 0.717) is 48.1 Å². The van der Waals surface area contributed by atoms with Crippen LogP contribution in [0.3, 0.4) is 0 Å². The van der Waals surface area contributed by atoms with Crippen LogP contribution in [0.1, 0.15) is 44.7 Å². The summed E-state index contributed by atoms with van der Waals surface area (Å²) in [7, 11) is -3.58. The minimum Gasteiger partial charge on any atom is -0.354 e. The molecule has 0 aliphatic carbocycles. The second-order valence-electron chi connectivity index (χ2n) is 9.46. The molecule has 2 aromatic carbocycles. The molecule has 198 valence electrons. The molecular formula is C27H38ClN3O4S. The molecular weight excluding hydrogens is 498 g/mol. The average molecular weight is 536 g/mol. The number of halogens is 1. The number of nitrogens with one attached hydrogen (secondary N) is 1. The molecule has 1 unspecified atom stereocenters. The largest absolute Gasteiger partial charge is 0.354 e. The molecule has 2 aromatic rings. The van der Waals surface area contributed by atoms with Crippen molar-refractivity contribution in [3.05, 3.63) is 64.7 Å². The van der Waals surface area contributed by atoms with E-state index in [9.17, 15) is 18.0 Å². The van der Waals surface area contributed by atoms with Crippen LogP contribution in [0, 0.1) is 12.8 Å². The van der Waals surface area contributed by atoms with Gasteiger partial charge in [-0.1, -0.05) is 61.8 Å². The molecule has 0 heterocycles. The van der Waals surface area contributed by atoms with Crippen molar-refractivity contribution in [1.29, 1.82) is 0 Å². The Kier molecular flexibility index (Phi) is 11.2. The van der Waals surface area contributed by atoms with E-state index < -0.39 is 16.1 Å². The molecule has 7 nitrogen and oxygen atoms in total.